The van der Waals surface area contributed by atoms with Crippen molar-refractivity contribution in [1.82, 2.24) is 5.06 Å². The lowest BCUT2D eigenvalue weighted by atomic mass is 9.45. The molecule has 40 heavy (non-hydrogen) atoms. The molecule has 0 radical (unpaired) electrons. The number of hydrogen-bond acceptors (Lipinski definition) is 10. The lowest BCUT2D eigenvalue weighted by Gasteiger charge is -2.60. The van der Waals surface area contributed by atoms with Crippen LogP contribution in [-0.4, -0.2) is 68.9 Å². The molecule has 0 aromatic rings. The van der Waals surface area contributed by atoms with Gasteiger partial charge in [-0.2, -0.15) is 0 Å². The number of rotatable bonds is 7. The van der Waals surface area contributed by atoms with Gasteiger partial charge in [0.15, 0.2) is 12.4 Å². The number of ether oxygens (including phenoxy) is 1. The van der Waals surface area contributed by atoms with Crippen molar-refractivity contribution >= 4 is 35.3 Å². The maximum absolute atomic E-state index is 13.3. The van der Waals surface area contributed by atoms with Gasteiger partial charge in [-0.3, -0.25) is 24.0 Å². The number of amides is 2. The number of fused-ring (bicyclic) bond motifs is 5. The summed E-state index contributed by atoms with van der Waals surface area (Å²) in [6.45, 7) is 3.31. The minimum Gasteiger partial charge on any atom is -0.458 e. The predicted molar refractivity (Wildman–Crippen MR) is 135 cm³/mol. The molecule has 11 nitrogen and oxygen atoms in total. The van der Waals surface area contributed by atoms with Crippen LogP contribution in [0.1, 0.15) is 84.5 Å². The Bertz CT molecular complexity index is 1180. The van der Waals surface area contributed by atoms with Crippen molar-refractivity contribution in [3.8, 4) is 0 Å². The molecule has 1 heterocycles. The van der Waals surface area contributed by atoms with Crippen LogP contribution in [0.2, 0.25) is 0 Å². The number of hydrogen-bond donors (Lipinski definition) is 2. The van der Waals surface area contributed by atoms with Crippen LogP contribution in [0.5, 0.6) is 0 Å². The van der Waals surface area contributed by atoms with Crippen LogP contribution >= 0.6 is 0 Å². The summed E-state index contributed by atoms with van der Waals surface area (Å²) in [7, 11) is 0. The fourth-order valence-corrected chi connectivity index (χ4v) is 8.50. The number of allylic oxidation sites excluding steroid dienone is 1. The Kier molecular flexibility index (Phi) is 7.27. The number of nitrogens with zero attached hydrogens (tertiary/aromatic N) is 1. The van der Waals surface area contributed by atoms with E-state index >= 15 is 0 Å². The standard InChI is InChI=1S/C29H37NO10/c1-27-11-9-17(31)13-16(27)3-4-18-19-10-12-29(38,28(19,2)14-20(32)26(18)27)21(33)15-39-24(36)7-8-25(37)40-30-22(34)5-6-23(30)35/h13,18-20,26,32,38H,3-12,14-15H2,1-2H3. The zero-order valence-electron chi connectivity index (χ0n) is 23.0. The molecule has 7 unspecified atom stereocenters. The Morgan fingerprint density at radius 2 is 1.65 bits per heavy atom. The molecule has 4 fully saturated rings. The van der Waals surface area contributed by atoms with Gasteiger partial charge in [0.1, 0.15) is 5.60 Å². The summed E-state index contributed by atoms with van der Waals surface area (Å²) in [5, 5.41) is 23.6. The Labute approximate surface area is 232 Å². The topological polar surface area (TPSA) is 165 Å². The molecule has 5 aliphatic rings. The summed E-state index contributed by atoms with van der Waals surface area (Å²) in [6.07, 6.45) is 3.74. The first kappa shape index (κ1) is 28.6. The van der Waals surface area contributed by atoms with Crippen LogP contribution in [-0.2, 0) is 38.3 Å². The maximum atomic E-state index is 13.3. The third-order valence-electron chi connectivity index (χ3n) is 10.6. The van der Waals surface area contributed by atoms with Crippen LogP contribution < -0.4 is 0 Å². The van der Waals surface area contributed by atoms with Crippen molar-refractivity contribution < 1.29 is 48.6 Å². The third kappa shape index (κ3) is 4.51. The van der Waals surface area contributed by atoms with E-state index in [1.807, 2.05) is 6.92 Å². The van der Waals surface area contributed by atoms with Gasteiger partial charge < -0.3 is 19.8 Å². The first-order valence-electron chi connectivity index (χ1n) is 14.2. The van der Waals surface area contributed by atoms with E-state index < -0.39 is 66.1 Å². The first-order valence-corrected chi connectivity index (χ1v) is 14.2. The fourth-order valence-electron chi connectivity index (χ4n) is 8.50. The summed E-state index contributed by atoms with van der Waals surface area (Å²) in [6, 6.07) is 0. The SMILES string of the molecule is CC12CCC(=O)C=C1CCC1C2C(O)CC2(C)C1CCC2(O)C(=O)COC(=O)CCC(=O)ON1C(=O)CCC1=O. The van der Waals surface area contributed by atoms with Gasteiger partial charge in [-0.05, 0) is 67.8 Å². The van der Waals surface area contributed by atoms with Crippen LogP contribution in [0.25, 0.3) is 0 Å². The van der Waals surface area contributed by atoms with Crippen LogP contribution in [0, 0.1) is 28.6 Å². The number of esters is 1. The van der Waals surface area contributed by atoms with E-state index in [0.29, 0.717) is 24.3 Å². The molecule has 7 atom stereocenters. The van der Waals surface area contributed by atoms with E-state index in [9.17, 15) is 39.0 Å². The summed E-state index contributed by atoms with van der Waals surface area (Å²) >= 11 is 0. The molecule has 0 bridgehead atoms. The second-order valence-corrected chi connectivity index (χ2v) is 12.6. The Hall–Kier alpha value is -2.92. The van der Waals surface area contributed by atoms with Crippen LogP contribution in [0.15, 0.2) is 11.6 Å². The zero-order chi connectivity index (χ0) is 29.0. The molecule has 1 aliphatic heterocycles. The van der Waals surface area contributed by atoms with Crippen molar-refractivity contribution in [2.24, 2.45) is 28.6 Å². The average molecular weight is 560 g/mol. The molecule has 11 heteroatoms. The molecule has 0 spiro atoms. The molecule has 1 saturated heterocycles. The highest BCUT2D eigenvalue weighted by atomic mass is 16.7. The molecule has 2 N–H and O–H groups in total. The molecule has 4 aliphatic carbocycles. The summed E-state index contributed by atoms with van der Waals surface area (Å²) < 4.78 is 5.09. The third-order valence-corrected chi connectivity index (χ3v) is 10.6. The minimum absolute atomic E-state index is 0.00710. The Balaban J connectivity index is 1.20. The number of imide groups is 1. The van der Waals surface area contributed by atoms with Gasteiger partial charge in [0.2, 0.25) is 5.78 Å². The second kappa shape index (κ2) is 10.2. The smallest absolute Gasteiger partial charge is 0.333 e. The summed E-state index contributed by atoms with van der Waals surface area (Å²) in [5.74, 6) is -3.55. The first-order chi connectivity index (χ1) is 18.8. The lowest BCUT2D eigenvalue weighted by molar-refractivity contribution is -0.197. The van der Waals surface area contributed by atoms with E-state index in [-0.39, 0.29) is 54.6 Å². The van der Waals surface area contributed by atoms with Gasteiger partial charge in [-0.25, -0.2) is 4.79 Å². The largest absolute Gasteiger partial charge is 0.458 e. The number of Topliss-reactive ketones (excluding diaryl/α,β-unsaturated/α-hetero) is 1. The number of carbonyl (C=O) groups is 6. The van der Waals surface area contributed by atoms with Crippen molar-refractivity contribution in [2.45, 2.75) is 96.2 Å². The molecule has 3 saturated carbocycles. The van der Waals surface area contributed by atoms with Crippen molar-refractivity contribution in [3.05, 3.63) is 11.6 Å². The van der Waals surface area contributed by atoms with Crippen molar-refractivity contribution in [1.29, 1.82) is 0 Å². The molecule has 218 valence electrons. The Morgan fingerprint density at radius 1 is 0.975 bits per heavy atom. The van der Waals surface area contributed by atoms with E-state index in [4.69, 9.17) is 9.57 Å². The van der Waals surface area contributed by atoms with Crippen LogP contribution in [0.3, 0.4) is 0 Å². The van der Waals surface area contributed by atoms with E-state index in [2.05, 4.69) is 6.92 Å². The van der Waals surface area contributed by atoms with E-state index in [1.54, 1.807) is 6.08 Å². The zero-order valence-corrected chi connectivity index (χ0v) is 23.0. The van der Waals surface area contributed by atoms with Crippen LogP contribution in [0.4, 0.5) is 0 Å². The number of aliphatic hydroxyl groups excluding tert-OH is 1. The predicted octanol–water partition coefficient (Wildman–Crippen LogP) is 1.72. The van der Waals surface area contributed by atoms with E-state index in [1.165, 1.54) is 0 Å². The molecular formula is C29H37NO10. The molecule has 5 rings (SSSR count). The normalized spacial score (nSPS) is 38.8. The van der Waals surface area contributed by atoms with Gasteiger partial charge >= 0.3 is 11.9 Å². The Morgan fingerprint density at radius 3 is 2.35 bits per heavy atom. The number of aliphatic hydroxyl groups is 2. The monoisotopic (exact) mass is 559 g/mol. The minimum atomic E-state index is -1.78. The van der Waals surface area contributed by atoms with Gasteiger partial charge in [0.25, 0.3) is 11.8 Å². The highest BCUT2D eigenvalue weighted by Gasteiger charge is 2.68. The van der Waals surface area contributed by atoms with E-state index in [0.717, 1.165) is 18.4 Å². The lowest BCUT2D eigenvalue weighted by Crippen LogP contribution is -2.62. The molecule has 0 aromatic carbocycles. The fraction of sp³-hybridized carbons (Fsp3) is 0.724. The molecule has 0 aromatic heterocycles. The van der Waals surface area contributed by atoms with Gasteiger partial charge in [-0.15, -0.1) is 5.06 Å². The summed E-state index contributed by atoms with van der Waals surface area (Å²) in [4.78, 5) is 77.4. The van der Waals surface area contributed by atoms with Gasteiger partial charge in [0.05, 0.1) is 18.9 Å². The highest BCUT2D eigenvalue weighted by molar-refractivity contribution is 6.01. The number of hydroxylamine groups is 2. The quantitative estimate of drug-likeness (QED) is 0.347. The number of carbonyl (C=O) groups excluding carboxylic acids is 6. The number of ketones is 2. The highest BCUT2D eigenvalue weighted by Crippen LogP contribution is 2.67. The average Bonchev–Trinajstić information content (AvgIpc) is 3.36. The molecule has 2 amide bonds. The van der Waals surface area contributed by atoms with Crippen molar-refractivity contribution in [3.63, 3.8) is 0 Å². The second-order valence-electron chi connectivity index (χ2n) is 12.6. The van der Waals surface area contributed by atoms with Crippen molar-refractivity contribution in [2.75, 3.05) is 6.61 Å². The summed E-state index contributed by atoms with van der Waals surface area (Å²) in [5.41, 5.74) is -1.86. The van der Waals surface area contributed by atoms with Gasteiger partial charge in [0, 0.05) is 24.7 Å². The maximum Gasteiger partial charge on any atom is 0.333 e. The molecular weight excluding hydrogens is 522 g/mol. The van der Waals surface area contributed by atoms with Gasteiger partial charge in [-0.1, -0.05) is 19.4 Å².